The number of carbonyl (C=O) groups is 2. The van der Waals surface area contributed by atoms with Gasteiger partial charge < -0.3 is 14.5 Å². The lowest BCUT2D eigenvalue weighted by Crippen LogP contribution is -2.50. The topological polar surface area (TPSA) is 62.7 Å². The van der Waals surface area contributed by atoms with Gasteiger partial charge in [0.05, 0.1) is 17.2 Å². The van der Waals surface area contributed by atoms with Crippen LogP contribution in [0.4, 0.5) is 4.79 Å². The molecule has 0 unspecified atom stereocenters. The summed E-state index contributed by atoms with van der Waals surface area (Å²) < 4.78 is 4.93. The fraction of sp³-hybridized carbons (Fsp3) is 0.462. The highest BCUT2D eigenvalue weighted by molar-refractivity contribution is 6.33. The number of hydrogen-bond acceptors (Lipinski definition) is 4. The summed E-state index contributed by atoms with van der Waals surface area (Å²) in [5.74, 6) is -0.138. The minimum absolute atomic E-state index is 0.138. The molecule has 0 spiro atoms. The fourth-order valence-electron chi connectivity index (χ4n) is 2.03. The number of pyridine rings is 1. The number of rotatable bonds is 2. The Morgan fingerprint density at radius 2 is 1.95 bits per heavy atom. The van der Waals surface area contributed by atoms with Crippen LogP contribution in [0.25, 0.3) is 0 Å². The Hall–Kier alpha value is -1.82. The molecular weight excluding hydrogens is 282 g/mol. The van der Waals surface area contributed by atoms with Crippen LogP contribution in [0.5, 0.6) is 0 Å². The van der Waals surface area contributed by atoms with Gasteiger partial charge in [-0.15, -0.1) is 0 Å². The van der Waals surface area contributed by atoms with E-state index in [4.69, 9.17) is 16.3 Å². The molecule has 0 aromatic carbocycles. The first-order valence-corrected chi connectivity index (χ1v) is 6.81. The van der Waals surface area contributed by atoms with E-state index in [0.717, 1.165) is 0 Å². The number of halogens is 1. The van der Waals surface area contributed by atoms with Gasteiger partial charge in [0.25, 0.3) is 5.91 Å². The Kier molecular flexibility index (Phi) is 4.79. The van der Waals surface area contributed by atoms with E-state index in [-0.39, 0.29) is 12.0 Å². The summed E-state index contributed by atoms with van der Waals surface area (Å²) in [7, 11) is 0. The predicted octanol–water partition coefficient (Wildman–Crippen LogP) is 1.65. The zero-order chi connectivity index (χ0) is 14.5. The van der Waals surface area contributed by atoms with Crippen molar-refractivity contribution in [3.8, 4) is 0 Å². The third kappa shape index (κ3) is 3.19. The molecule has 0 saturated carbocycles. The van der Waals surface area contributed by atoms with Gasteiger partial charge in [-0.2, -0.15) is 0 Å². The second-order valence-electron chi connectivity index (χ2n) is 4.33. The lowest BCUT2D eigenvalue weighted by molar-refractivity contribution is 0.0570. The highest BCUT2D eigenvalue weighted by Gasteiger charge is 2.26. The van der Waals surface area contributed by atoms with Gasteiger partial charge in [0.1, 0.15) is 0 Å². The number of nitrogens with zero attached hydrogens (tertiary/aromatic N) is 3. The molecule has 6 nitrogen and oxygen atoms in total. The molecule has 20 heavy (non-hydrogen) atoms. The Labute approximate surface area is 122 Å². The fourth-order valence-corrected chi connectivity index (χ4v) is 2.23. The molecule has 2 amide bonds. The van der Waals surface area contributed by atoms with Crippen LogP contribution in [0.3, 0.4) is 0 Å². The minimum Gasteiger partial charge on any atom is -0.450 e. The van der Waals surface area contributed by atoms with Crippen molar-refractivity contribution in [1.29, 1.82) is 0 Å². The first-order chi connectivity index (χ1) is 9.63. The molecule has 1 fully saturated rings. The van der Waals surface area contributed by atoms with Gasteiger partial charge in [0.2, 0.25) is 0 Å². The van der Waals surface area contributed by atoms with Gasteiger partial charge in [-0.1, -0.05) is 11.6 Å². The van der Waals surface area contributed by atoms with Crippen molar-refractivity contribution in [1.82, 2.24) is 14.8 Å². The van der Waals surface area contributed by atoms with Crippen LogP contribution < -0.4 is 0 Å². The summed E-state index contributed by atoms with van der Waals surface area (Å²) in [6, 6.07) is 1.60. The molecule has 0 bridgehead atoms. The standard InChI is InChI=1S/C13H16ClN3O3/c1-2-20-13(19)17-7-5-16(6-8-17)12(18)10-3-4-15-9-11(10)14/h3-4,9H,2,5-8H2,1H3. The smallest absolute Gasteiger partial charge is 0.409 e. The van der Waals surface area contributed by atoms with Crippen LogP contribution in [0.2, 0.25) is 5.02 Å². The van der Waals surface area contributed by atoms with Crippen LogP contribution in [0.15, 0.2) is 18.5 Å². The van der Waals surface area contributed by atoms with Crippen molar-refractivity contribution in [2.24, 2.45) is 0 Å². The van der Waals surface area contributed by atoms with Crippen LogP contribution in [0.1, 0.15) is 17.3 Å². The van der Waals surface area contributed by atoms with E-state index in [1.165, 1.54) is 12.4 Å². The maximum Gasteiger partial charge on any atom is 0.409 e. The maximum absolute atomic E-state index is 12.3. The quantitative estimate of drug-likeness (QED) is 0.833. The van der Waals surface area contributed by atoms with E-state index < -0.39 is 0 Å². The summed E-state index contributed by atoms with van der Waals surface area (Å²) in [4.78, 5) is 31.0. The van der Waals surface area contributed by atoms with E-state index in [1.54, 1.807) is 22.8 Å². The molecule has 1 aliphatic rings. The zero-order valence-electron chi connectivity index (χ0n) is 11.2. The molecule has 1 saturated heterocycles. The molecule has 0 atom stereocenters. The Balaban J connectivity index is 1.96. The number of amides is 2. The average molecular weight is 298 g/mol. The van der Waals surface area contributed by atoms with E-state index in [2.05, 4.69) is 4.98 Å². The van der Waals surface area contributed by atoms with Crippen LogP contribution in [-0.2, 0) is 4.74 Å². The van der Waals surface area contributed by atoms with Crippen molar-refractivity contribution >= 4 is 23.6 Å². The van der Waals surface area contributed by atoms with Crippen LogP contribution in [-0.4, -0.2) is 59.6 Å². The lowest BCUT2D eigenvalue weighted by Gasteiger charge is -2.34. The number of ether oxygens (including phenoxy) is 1. The summed E-state index contributed by atoms with van der Waals surface area (Å²) in [5, 5.41) is 0.338. The molecule has 7 heteroatoms. The molecule has 0 radical (unpaired) electrons. The number of piperazine rings is 1. The summed E-state index contributed by atoms with van der Waals surface area (Å²) in [6.07, 6.45) is 2.65. The number of carbonyl (C=O) groups excluding carboxylic acids is 2. The SMILES string of the molecule is CCOC(=O)N1CCN(C(=O)c2ccncc2Cl)CC1. The van der Waals surface area contributed by atoms with E-state index in [0.29, 0.717) is 43.4 Å². The third-order valence-electron chi connectivity index (χ3n) is 3.10. The Morgan fingerprint density at radius 1 is 1.30 bits per heavy atom. The van der Waals surface area contributed by atoms with Gasteiger partial charge in [-0.05, 0) is 13.0 Å². The average Bonchev–Trinajstić information content (AvgIpc) is 2.47. The van der Waals surface area contributed by atoms with E-state index >= 15 is 0 Å². The summed E-state index contributed by atoms with van der Waals surface area (Å²) in [6.45, 7) is 3.99. The largest absolute Gasteiger partial charge is 0.450 e. The molecular formula is C13H16ClN3O3. The first-order valence-electron chi connectivity index (χ1n) is 6.44. The van der Waals surface area contributed by atoms with E-state index in [9.17, 15) is 9.59 Å². The summed E-state index contributed by atoms with van der Waals surface area (Å²) in [5.41, 5.74) is 0.436. The molecule has 2 heterocycles. The maximum atomic E-state index is 12.3. The van der Waals surface area contributed by atoms with Crippen molar-refractivity contribution in [3.63, 3.8) is 0 Å². The molecule has 1 aromatic heterocycles. The molecule has 108 valence electrons. The van der Waals surface area contributed by atoms with E-state index in [1.807, 2.05) is 0 Å². The Bertz CT molecular complexity index is 501. The van der Waals surface area contributed by atoms with Gasteiger partial charge in [-0.3, -0.25) is 9.78 Å². The van der Waals surface area contributed by atoms with Gasteiger partial charge in [0, 0.05) is 38.6 Å². The highest BCUT2D eigenvalue weighted by atomic mass is 35.5. The molecule has 0 aliphatic carbocycles. The predicted molar refractivity (Wildman–Crippen MR) is 73.7 cm³/mol. The van der Waals surface area contributed by atoms with Crippen molar-refractivity contribution in [3.05, 3.63) is 29.0 Å². The van der Waals surface area contributed by atoms with Crippen LogP contribution >= 0.6 is 11.6 Å². The van der Waals surface area contributed by atoms with Gasteiger partial charge >= 0.3 is 6.09 Å². The second kappa shape index (κ2) is 6.56. The monoisotopic (exact) mass is 297 g/mol. The van der Waals surface area contributed by atoms with Gasteiger partial charge in [0.15, 0.2) is 0 Å². The molecule has 1 aromatic rings. The lowest BCUT2D eigenvalue weighted by atomic mass is 10.2. The molecule has 2 rings (SSSR count). The Morgan fingerprint density at radius 3 is 2.55 bits per heavy atom. The summed E-state index contributed by atoms with van der Waals surface area (Å²) >= 11 is 5.96. The van der Waals surface area contributed by atoms with Gasteiger partial charge in [-0.25, -0.2) is 4.79 Å². The number of aromatic nitrogens is 1. The minimum atomic E-state index is -0.332. The van der Waals surface area contributed by atoms with Crippen LogP contribution in [0, 0.1) is 0 Å². The highest BCUT2D eigenvalue weighted by Crippen LogP contribution is 2.17. The first kappa shape index (κ1) is 14.6. The molecule has 1 aliphatic heterocycles. The van der Waals surface area contributed by atoms with Crippen molar-refractivity contribution in [2.45, 2.75) is 6.92 Å². The van der Waals surface area contributed by atoms with Crippen molar-refractivity contribution in [2.75, 3.05) is 32.8 Å². The molecule has 0 N–H and O–H groups in total. The normalized spacial score (nSPS) is 15.1. The zero-order valence-corrected chi connectivity index (χ0v) is 12.0. The third-order valence-corrected chi connectivity index (χ3v) is 3.40. The second-order valence-corrected chi connectivity index (χ2v) is 4.74. The van der Waals surface area contributed by atoms with Crippen molar-refractivity contribution < 1.29 is 14.3 Å². The number of hydrogen-bond donors (Lipinski definition) is 0.